The van der Waals surface area contributed by atoms with Crippen LogP contribution in [-0.4, -0.2) is 55.3 Å². The molecule has 0 bridgehead atoms. The van der Waals surface area contributed by atoms with Gasteiger partial charge < -0.3 is 10.2 Å². The summed E-state index contributed by atoms with van der Waals surface area (Å²) >= 11 is 1.40. The molecule has 8 nitrogen and oxygen atoms in total. The number of rotatable bonds is 7. The Kier molecular flexibility index (Phi) is 7.62. The zero-order valence-electron chi connectivity index (χ0n) is 19.8. The van der Waals surface area contributed by atoms with E-state index in [2.05, 4.69) is 52.5 Å². The molecule has 1 aliphatic heterocycles. The molecule has 2 amide bonds. The Hall–Kier alpha value is -3.20. The smallest absolute Gasteiger partial charge is 0.233 e. The van der Waals surface area contributed by atoms with E-state index in [1.54, 1.807) is 12.4 Å². The molecule has 0 atom stereocenters. The summed E-state index contributed by atoms with van der Waals surface area (Å²) in [5.41, 5.74) is 4.30. The van der Waals surface area contributed by atoms with Gasteiger partial charge in [-0.1, -0.05) is 30.0 Å². The SMILES string of the molecule is Cc1ccc(C)c(-n2c(C)nnc2SCC(=O)N2CCC(C(=O)NCc3cccnc3)CC2)c1. The largest absolute Gasteiger partial charge is 0.352 e. The number of piperidine rings is 1. The van der Waals surface area contributed by atoms with Crippen molar-refractivity contribution in [3.05, 3.63) is 65.2 Å². The maximum atomic E-state index is 12.9. The summed E-state index contributed by atoms with van der Waals surface area (Å²) in [5.74, 6) is 1.13. The molecular weight excluding hydrogens is 448 g/mol. The maximum absolute atomic E-state index is 12.9. The average molecular weight is 479 g/mol. The van der Waals surface area contributed by atoms with Crippen molar-refractivity contribution in [1.29, 1.82) is 0 Å². The van der Waals surface area contributed by atoms with Gasteiger partial charge in [0, 0.05) is 37.9 Å². The third-order valence-electron chi connectivity index (χ3n) is 6.13. The fraction of sp³-hybridized carbons (Fsp3) is 0.400. The fourth-order valence-electron chi connectivity index (χ4n) is 4.12. The minimum atomic E-state index is -0.0663. The van der Waals surface area contributed by atoms with Crippen LogP contribution in [0.15, 0.2) is 47.9 Å². The highest BCUT2D eigenvalue weighted by Gasteiger charge is 2.27. The molecule has 0 unspecified atom stereocenters. The third-order valence-corrected chi connectivity index (χ3v) is 7.05. The van der Waals surface area contributed by atoms with Crippen LogP contribution in [-0.2, 0) is 16.1 Å². The number of thioether (sulfide) groups is 1. The van der Waals surface area contributed by atoms with Crippen molar-refractivity contribution in [3.8, 4) is 5.69 Å². The van der Waals surface area contributed by atoms with Crippen molar-refractivity contribution in [3.63, 3.8) is 0 Å². The van der Waals surface area contributed by atoms with E-state index in [1.165, 1.54) is 11.8 Å². The molecule has 3 aromatic rings. The number of likely N-dealkylation sites (tertiary alicyclic amines) is 1. The molecule has 0 spiro atoms. The number of amides is 2. The van der Waals surface area contributed by atoms with Gasteiger partial charge in [-0.05, 0) is 62.4 Å². The van der Waals surface area contributed by atoms with Crippen molar-refractivity contribution in [1.82, 2.24) is 30.0 Å². The Balaban J connectivity index is 1.29. The summed E-state index contributed by atoms with van der Waals surface area (Å²) in [6.07, 6.45) is 4.81. The number of aryl methyl sites for hydroxylation is 3. The van der Waals surface area contributed by atoms with Crippen LogP contribution in [0.3, 0.4) is 0 Å². The quantitative estimate of drug-likeness (QED) is 0.524. The highest BCUT2D eigenvalue weighted by Crippen LogP contribution is 2.26. The standard InChI is InChI=1S/C25H30N6O2S/c1-17-6-7-18(2)22(13-17)31-19(3)28-29-25(31)34-16-23(32)30-11-8-21(9-12-30)24(33)27-15-20-5-4-10-26-14-20/h4-7,10,13-14,21H,8-9,11-12,15-16H2,1-3H3,(H,27,33). The second-order valence-corrected chi connectivity index (χ2v) is 9.62. The van der Waals surface area contributed by atoms with Crippen molar-refractivity contribution < 1.29 is 9.59 Å². The molecule has 2 aromatic heterocycles. The molecule has 0 radical (unpaired) electrons. The number of benzene rings is 1. The Labute approximate surface area is 204 Å². The number of carbonyl (C=O) groups is 2. The average Bonchev–Trinajstić information content (AvgIpc) is 3.23. The molecule has 9 heteroatoms. The molecule has 1 aliphatic rings. The summed E-state index contributed by atoms with van der Waals surface area (Å²) < 4.78 is 2.01. The van der Waals surface area contributed by atoms with Gasteiger partial charge in [-0.3, -0.25) is 19.1 Å². The second kappa shape index (κ2) is 10.8. The van der Waals surface area contributed by atoms with Gasteiger partial charge in [-0.2, -0.15) is 0 Å². The van der Waals surface area contributed by atoms with Gasteiger partial charge in [-0.15, -0.1) is 10.2 Å². The van der Waals surface area contributed by atoms with Crippen LogP contribution >= 0.6 is 11.8 Å². The lowest BCUT2D eigenvalue weighted by Gasteiger charge is -2.31. The second-order valence-electron chi connectivity index (χ2n) is 8.68. The van der Waals surface area contributed by atoms with Crippen molar-refractivity contribution in [2.24, 2.45) is 5.92 Å². The van der Waals surface area contributed by atoms with E-state index >= 15 is 0 Å². The first-order chi connectivity index (χ1) is 16.4. The van der Waals surface area contributed by atoms with Crippen molar-refractivity contribution in [2.45, 2.75) is 45.3 Å². The van der Waals surface area contributed by atoms with Crippen LogP contribution in [0.2, 0.25) is 0 Å². The summed E-state index contributed by atoms with van der Waals surface area (Å²) in [5, 5.41) is 12.2. The summed E-state index contributed by atoms with van der Waals surface area (Å²) in [6.45, 7) is 7.69. The van der Waals surface area contributed by atoms with Crippen molar-refractivity contribution in [2.75, 3.05) is 18.8 Å². The Bertz CT molecular complexity index is 1160. The number of pyridine rings is 1. The van der Waals surface area contributed by atoms with Gasteiger partial charge >= 0.3 is 0 Å². The molecule has 1 saturated heterocycles. The van der Waals surface area contributed by atoms with E-state index in [1.807, 2.05) is 28.5 Å². The zero-order chi connectivity index (χ0) is 24.1. The van der Waals surface area contributed by atoms with E-state index in [0.717, 1.165) is 28.2 Å². The third kappa shape index (κ3) is 5.64. The van der Waals surface area contributed by atoms with Gasteiger partial charge in [0.1, 0.15) is 5.82 Å². The Morgan fingerprint density at radius 2 is 1.91 bits per heavy atom. The zero-order valence-corrected chi connectivity index (χ0v) is 20.6. The molecular formula is C25H30N6O2S. The Morgan fingerprint density at radius 3 is 2.65 bits per heavy atom. The molecule has 1 N–H and O–H groups in total. The first kappa shape index (κ1) is 23.9. The molecule has 3 heterocycles. The topological polar surface area (TPSA) is 93.0 Å². The minimum Gasteiger partial charge on any atom is -0.352 e. The number of hydrogen-bond acceptors (Lipinski definition) is 6. The highest BCUT2D eigenvalue weighted by atomic mass is 32.2. The van der Waals surface area contributed by atoms with Crippen LogP contribution in [0.4, 0.5) is 0 Å². The highest BCUT2D eigenvalue weighted by molar-refractivity contribution is 7.99. The molecule has 1 aromatic carbocycles. The maximum Gasteiger partial charge on any atom is 0.233 e. The lowest BCUT2D eigenvalue weighted by molar-refractivity contribution is -0.133. The van der Waals surface area contributed by atoms with E-state index in [-0.39, 0.29) is 17.7 Å². The van der Waals surface area contributed by atoms with E-state index < -0.39 is 0 Å². The van der Waals surface area contributed by atoms with Gasteiger partial charge in [0.2, 0.25) is 11.8 Å². The van der Waals surface area contributed by atoms with Gasteiger partial charge in [-0.25, -0.2) is 0 Å². The number of aromatic nitrogens is 4. The molecule has 4 rings (SSSR count). The van der Waals surface area contributed by atoms with E-state index in [4.69, 9.17) is 0 Å². The summed E-state index contributed by atoms with van der Waals surface area (Å²) in [4.78, 5) is 31.3. The summed E-state index contributed by atoms with van der Waals surface area (Å²) in [7, 11) is 0. The van der Waals surface area contributed by atoms with Gasteiger partial charge in [0.15, 0.2) is 5.16 Å². The fourth-order valence-corrected chi connectivity index (χ4v) is 5.01. The molecule has 0 aliphatic carbocycles. The van der Waals surface area contributed by atoms with E-state index in [0.29, 0.717) is 43.4 Å². The number of carbonyl (C=O) groups excluding carboxylic acids is 2. The van der Waals surface area contributed by atoms with Crippen LogP contribution in [0.5, 0.6) is 0 Å². The molecule has 0 saturated carbocycles. The Morgan fingerprint density at radius 1 is 1.12 bits per heavy atom. The van der Waals surface area contributed by atoms with Gasteiger partial charge in [0.25, 0.3) is 0 Å². The molecule has 1 fully saturated rings. The summed E-state index contributed by atoms with van der Waals surface area (Å²) in [6, 6.07) is 10.1. The first-order valence-electron chi connectivity index (χ1n) is 11.5. The van der Waals surface area contributed by atoms with Crippen LogP contribution in [0.25, 0.3) is 5.69 Å². The van der Waals surface area contributed by atoms with Gasteiger partial charge in [0.05, 0.1) is 11.4 Å². The normalized spacial score (nSPS) is 14.3. The number of nitrogens with zero attached hydrogens (tertiary/aromatic N) is 5. The van der Waals surface area contributed by atoms with Crippen LogP contribution < -0.4 is 5.32 Å². The monoisotopic (exact) mass is 478 g/mol. The predicted octanol–water partition coefficient (Wildman–Crippen LogP) is 3.23. The molecule has 34 heavy (non-hydrogen) atoms. The first-order valence-corrected chi connectivity index (χ1v) is 12.5. The predicted molar refractivity (Wildman–Crippen MR) is 132 cm³/mol. The van der Waals surface area contributed by atoms with Crippen LogP contribution in [0.1, 0.15) is 35.4 Å². The van der Waals surface area contributed by atoms with E-state index in [9.17, 15) is 9.59 Å². The van der Waals surface area contributed by atoms with Crippen molar-refractivity contribution >= 4 is 23.6 Å². The molecule has 178 valence electrons. The number of nitrogens with one attached hydrogen (secondary N) is 1. The van der Waals surface area contributed by atoms with Crippen LogP contribution in [0, 0.1) is 26.7 Å². The number of hydrogen-bond donors (Lipinski definition) is 1. The lowest BCUT2D eigenvalue weighted by atomic mass is 9.96. The minimum absolute atomic E-state index is 0.0439. The lowest BCUT2D eigenvalue weighted by Crippen LogP contribution is -2.43.